The molecule has 25 heavy (non-hydrogen) atoms. The number of nitrogens with zero attached hydrogens (tertiary/aromatic N) is 2. The molecule has 0 fully saturated rings. The molecule has 3 rings (SSSR count). The number of rotatable bonds is 7. The van der Waals surface area contributed by atoms with Crippen LogP contribution in [-0.4, -0.2) is 35.6 Å². The highest BCUT2D eigenvalue weighted by Crippen LogP contribution is 2.10. The van der Waals surface area contributed by atoms with Crippen LogP contribution in [0.25, 0.3) is 11.0 Å². The van der Waals surface area contributed by atoms with Crippen LogP contribution >= 0.6 is 0 Å². The number of H-pyrrole nitrogens is 1. The maximum Gasteiger partial charge on any atom is 0.191 e. The van der Waals surface area contributed by atoms with Gasteiger partial charge in [-0.1, -0.05) is 42.5 Å². The zero-order valence-electron chi connectivity index (χ0n) is 14.6. The van der Waals surface area contributed by atoms with Crippen molar-refractivity contribution in [1.29, 1.82) is 0 Å². The van der Waals surface area contributed by atoms with Crippen molar-refractivity contribution in [3.05, 3.63) is 66.0 Å². The van der Waals surface area contributed by atoms with Crippen molar-refractivity contribution in [2.45, 2.75) is 19.8 Å². The lowest BCUT2D eigenvalue weighted by molar-refractivity contribution is 0.792. The molecule has 0 unspecified atom stereocenters. The van der Waals surface area contributed by atoms with Crippen LogP contribution in [0.1, 0.15) is 18.3 Å². The number of aromatic nitrogens is 2. The normalized spacial score (nSPS) is 11.6. The molecule has 1 heterocycles. The van der Waals surface area contributed by atoms with Crippen molar-refractivity contribution in [3.8, 4) is 0 Å². The number of hydrogen-bond donors (Lipinski definition) is 3. The fourth-order valence-electron chi connectivity index (χ4n) is 2.71. The van der Waals surface area contributed by atoms with Crippen LogP contribution in [-0.2, 0) is 12.8 Å². The van der Waals surface area contributed by atoms with Crippen LogP contribution in [0.4, 0.5) is 0 Å². The molecule has 130 valence electrons. The zero-order valence-corrected chi connectivity index (χ0v) is 14.6. The SMILES string of the molecule is CCNC(=NCCc1nc2ccccc2[nH]1)NCCc1ccccc1. The number of hydrogen-bond acceptors (Lipinski definition) is 2. The van der Waals surface area contributed by atoms with Gasteiger partial charge in [0.2, 0.25) is 0 Å². The predicted molar refractivity (Wildman–Crippen MR) is 104 cm³/mol. The monoisotopic (exact) mass is 335 g/mol. The number of para-hydroxylation sites is 2. The molecular formula is C20H25N5. The number of fused-ring (bicyclic) bond motifs is 1. The van der Waals surface area contributed by atoms with E-state index in [-0.39, 0.29) is 0 Å². The lowest BCUT2D eigenvalue weighted by Crippen LogP contribution is -2.38. The fraction of sp³-hybridized carbons (Fsp3) is 0.300. The Hall–Kier alpha value is -2.82. The van der Waals surface area contributed by atoms with E-state index < -0.39 is 0 Å². The average Bonchev–Trinajstić information content (AvgIpc) is 3.05. The van der Waals surface area contributed by atoms with Gasteiger partial charge in [0.25, 0.3) is 0 Å². The van der Waals surface area contributed by atoms with Gasteiger partial charge in [-0.25, -0.2) is 4.98 Å². The van der Waals surface area contributed by atoms with Gasteiger partial charge >= 0.3 is 0 Å². The van der Waals surface area contributed by atoms with E-state index >= 15 is 0 Å². The second kappa shape index (κ2) is 8.87. The van der Waals surface area contributed by atoms with Crippen LogP contribution in [0, 0.1) is 0 Å². The molecule has 0 bridgehead atoms. The molecule has 0 amide bonds. The van der Waals surface area contributed by atoms with Gasteiger partial charge in [0.15, 0.2) is 5.96 Å². The van der Waals surface area contributed by atoms with Crippen molar-refractivity contribution < 1.29 is 0 Å². The van der Waals surface area contributed by atoms with Crippen molar-refractivity contribution >= 4 is 17.0 Å². The maximum absolute atomic E-state index is 4.64. The van der Waals surface area contributed by atoms with Crippen molar-refractivity contribution in [2.24, 2.45) is 4.99 Å². The summed E-state index contributed by atoms with van der Waals surface area (Å²) < 4.78 is 0. The molecular weight excluding hydrogens is 310 g/mol. The van der Waals surface area contributed by atoms with Crippen molar-refractivity contribution in [1.82, 2.24) is 20.6 Å². The molecule has 0 radical (unpaired) electrons. The van der Waals surface area contributed by atoms with Gasteiger partial charge in [-0.15, -0.1) is 0 Å². The highest BCUT2D eigenvalue weighted by Gasteiger charge is 2.02. The lowest BCUT2D eigenvalue weighted by atomic mass is 10.1. The minimum absolute atomic E-state index is 0.695. The molecule has 0 aliphatic heterocycles. The Kier molecular flexibility index (Phi) is 6.04. The summed E-state index contributed by atoms with van der Waals surface area (Å²) >= 11 is 0. The van der Waals surface area contributed by atoms with Gasteiger partial charge in [0, 0.05) is 26.1 Å². The Morgan fingerprint density at radius 1 is 1.00 bits per heavy atom. The second-order valence-electron chi connectivity index (χ2n) is 5.87. The highest BCUT2D eigenvalue weighted by atomic mass is 15.2. The quantitative estimate of drug-likeness (QED) is 0.459. The van der Waals surface area contributed by atoms with E-state index in [1.54, 1.807) is 0 Å². The first-order valence-electron chi connectivity index (χ1n) is 8.85. The molecule has 0 saturated heterocycles. The van der Waals surface area contributed by atoms with Gasteiger partial charge < -0.3 is 15.6 Å². The summed E-state index contributed by atoms with van der Waals surface area (Å²) in [5, 5.41) is 6.68. The van der Waals surface area contributed by atoms with Gasteiger partial charge in [0.05, 0.1) is 11.0 Å². The third-order valence-electron chi connectivity index (χ3n) is 3.95. The Bertz CT molecular complexity index is 774. The molecule has 0 aliphatic rings. The van der Waals surface area contributed by atoms with E-state index in [0.717, 1.165) is 48.7 Å². The summed E-state index contributed by atoms with van der Waals surface area (Å²) in [6.45, 7) is 4.48. The molecule has 0 spiro atoms. The van der Waals surface area contributed by atoms with E-state index in [0.29, 0.717) is 6.54 Å². The molecule has 0 saturated carbocycles. The van der Waals surface area contributed by atoms with Crippen LogP contribution in [0.5, 0.6) is 0 Å². The minimum atomic E-state index is 0.695. The summed E-state index contributed by atoms with van der Waals surface area (Å²) in [7, 11) is 0. The van der Waals surface area contributed by atoms with E-state index in [2.05, 4.69) is 56.8 Å². The van der Waals surface area contributed by atoms with Crippen LogP contribution in [0.2, 0.25) is 0 Å². The average molecular weight is 335 g/mol. The first-order valence-corrected chi connectivity index (χ1v) is 8.85. The van der Waals surface area contributed by atoms with Crippen molar-refractivity contribution in [2.75, 3.05) is 19.6 Å². The Balaban J connectivity index is 1.50. The third kappa shape index (κ3) is 5.08. The fourth-order valence-corrected chi connectivity index (χ4v) is 2.71. The first kappa shape index (κ1) is 17.0. The second-order valence-corrected chi connectivity index (χ2v) is 5.87. The molecule has 5 nitrogen and oxygen atoms in total. The summed E-state index contributed by atoms with van der Waals surface area (Å²) in [5.74, 6) is 1.83. The smallest absolute Gasteiger partial charge is 0.191 e. The van der Waals surface area contributed by atoms with Crippen LogP contribution in [0.3, 0.4) is 0 Å². The molecule has 3 aromatic rings. The Labute approximate surface area is 148 Å². The van der Waals surface area contributed by atoms with E-state index in [9.17, 15) is 0 Å². The minimum Gasteiger partial charge on any atom is -0.357 e. The molecule has 5 heteroatoms. The predicted octanol–water partition coefficient (Wildman–Crippen LogP) is 2.90. The van der Waals surface area contributed by atoms with Crippen LogP contribution < -0.4 is 10.6 Å². The third-order valence-corrected chi connectivity index (χ3v) is 3.95. The number of aliphatic imine (C=N–C) groups is 1. The largest absolute Gasteiger partial charge is 0.357 e. The number of aromatic amines is 1. The summed E-state index contributed by atoms with van der Waals surface area (Å²) in [6, 6.07) is 18.6. The summed E-state index contributed by atoms with van der Waals surface area (Å²) in [5.41, 5.74) is 3.41. The van der Waals surface area contributed by atoms with Gasteiger partial charge in [-0.2, -0.15) is 0 Å². The Morgan fingerprint density at radius 2 is 1.80 bits per heavy atom. The number of guanidine groups is 1. The first-order chi connectivity index (χ1) is 12.3. The van der Waals surface area contributed by atoms with E-state index in [1.807, 2.05) is 30.3 Å². The van der Waals surface area contributed by atoms with Gasteiger partial charge in [0.1, 0.15) is 5.82 Å². The molecule has 0 atom stereocenters. The number of imidazole rings is 1. The van der Waals surface area contributed by atoms with E-state index in [1.165, 1.54) is 5.56 Å². The number of benzene rings is 2. The molecule has 0 aliphatic carbocycles. The van der Waals surface area contributed by atoms with Gasteiger partial charge in [-0.3, -0.25) is 4.99 Å². The van der Waals surface area contributed by atoms with Crippen LogP contribution in [0.15, 0.2) is 59.6 Å². The summed E-state index contributed by atoms with van der Waals surface area (Å²) in [6.07, 6.45) is 1.78. The molecule has 2 aromatic carbocycles. The van der Waals surface area contributed by atoms with Crippen molar-refractivity contribution in [3.63, 3.8) is 0 Å². The highest BCUT2D eigenvalue weighted by molar-refractivity contribution is 5.79. The summed E-state index contributed by atoms with van der Waals surface area (Å²) in [4.78, 5) is 12.6. The molecule has 3 N–H and O–H groups in total. The zero-order chi connectivity index (χ0) is 17.3. The van der Waals surface area contributed by atoms with Gasteiger partial charge in [-0.05, 0) is 31.0 Å². The lowest BCUT2D eigenvalue weighted by Gasteiger charge is -2.11. The standard InChI is InChI=1S/C20H25N5/c1-2-21-20(22-14-12-16-8-4-3-5-9-16)23-15-13-19-24-17-10-6-7-11-18(17)25-19/h3-11H,2,12-15H2,1H3,(H,24,25)(H2,21,22,23). The Morgan fingerprint density at radius 3 is 2.60 bits per heavy atom. The molecule has 1 aromatic heterocycles. The number of nitrogens with one attached hydrogen (secondary N) is 3. The van der Waals surface area contributed by atoms with E-state index in [4.69, 9.17) is 0 Å². The maximum atomic E-state index is 4.64. The topological polar surface area (TPSA) is 65.1 Å².